The van der Waals surface area contributed by atoms with E-state index in [4.69, 9.17) is 5.26 Å². The van der Waals surface area contributed by atoms with Crippen LogP contribution >= 0.6 is 23.1 Å². The molecule has 0 saturated carbocycles. The molecular formula is C30H30FN7OS2. The fourth-order valence-corrected chi connectivity index (χ4v) is 6.82. The van der Waals surface area contributed by atoms with E-state index in [-0.39, 0.29) is 11.1 Å². The molecule has 5 rings (SSSR count). The van der Waals surface area contributed by atoms with E-state index in [9.17, 15) is 4.79 Å². The summed E-state index contributed by atoms with van der Waals surface area (Å²) in [5.74, 6) is -0.506. The topological polar surface area (TPSA) is 107 Å². The third-order valence-electron chi connectivity index (χ3n) is 7.24. The van der Waals surface area contributed by atoms with Crippen LogP contribution in [0.15, 0.2) is 76.2 Å². The lowest BCUT2D eigenvalue weighted by Gasteiger charge is -2.42. The lowest BCUT2D eigenvalue weighted by atomic mass is 9.72. The Morgan fingerprint density at radius 3 is 2.68 bits per heavy atom. The lowest BCUT2D eigenvalue weighted by molar-refractivity contribution is 0.0912. The summed E-state index contributed by atoms with van der Waals surface area (Å²) < 4.78 is 16.3. The van der Waals surface area contributed by atoms with Crippen molar-refractivity contribution in [2.75, 3.05) is 31.5 Å². The van der Waals surface area contributed by atoms with Gasteiger partial charge in [0, 0.05) is 37.3 Å². The number of aromatic nitrogens is 3. The largest absolute Gasteiger partial charge is 0.350 e. The van der Waals surface area contributed by atoms with Crippen LogP contribution in [0.4, 0.5) is 15.3 Å². The average Bonchev–Trinajstić information content (AvgIpc) is 3.43. The summed E-state index contributed by atoms with van der Waals surface area (Å²) in [4.78, 5) is 28.6. The van der Waals surface area contributed by atoms with E-state index in [0.29, 0.717) is 28.8 Å². The molecule has 11 heteroatoms. The fourth-order valence-electron chi connectivity index (χ4n) is 4.96. The van der Waals surface area contributed by atoms with Crippen molar-refractivity contribution in [2.45, 2.75) is 40.7 Å². The number of benzene rings is 1. The van der Waals surface area contributed by atoms with Crippen molar-refractivity contribution in [3.05, 3.63) is 89.8 Å². The number of likely N-dealkylation sites (tertiary alicyclic amines) is 1. The molecule has 1 saturated heterocycles. The molecule has 41 heavy (non-hydrogen) atoms. The Labute approximate surface area is 247 Å². The standard InChI is InChI=1S/C30H30FN7OS2/c1-21-8-13-33-24(18-21)37-29-35-19-25(41-29)40-23-9-14-34-27(26(23)31)28(39)36-20-30(22-6-3-2-4-7-22)10-16-38(17-11-30)15-5-12-32/h2-4,6-9,13-14,18-19H,5,10-11,15-17,20H2,1H3,(H,36,39)(H,33,35,37). The predicted octanol–water partition coefficient (Wildman–Crippen LogP) is 5.95. The number of carbonyl (C=O) groups excluding carboxylic acids is 1. The van der Waals surface area contributed by atoms with E-state index in [1.165, 1.54) is 29.3 Å². The number of rotatable bonds is 10. The molecule has 4 aromatic rings. The fraction of sp³-hybridized carbons (Fsp3) is 0.300. The lowest BCUT2D eigenvalue weighted by Crippen LogP contribution is -2.49. The molecule has 3 aromatic heterocycles. The molecule has 4 heterocycles. The zero-order chi connectivity index (χ0) is 28.7. The Hall–Kier alpha value is -3.85. The van der Waals surface area contributed by atoms with Gasteiger partial charge in [0.1, 0.15) is 5.82 Å². The van der Waals surface area contributed by atoms with Crippen LogP contribution in [-0.4, -0.2) is 51.9 Å². The maximum Gasteiger partial charge on any atom is 0.273 e. The Morgan fingerprint density at radius 2 is 1.93 bits per heavy atom. The summed E-state index contributed by atoms with van der Waals surface area (Å²) in [5.41, 5.74) is 1.72. The first-order valence-electron chi connectivity index (χ1n) is 13.4. The van der Waals surface area contributed by atoms with Crippen LogP contribution in [-0.2, 0) is 5.41 Å². The van der Waals surface area contributed by atoms with Crippen LogP contribution in [0.1, 0.15) is 40.9 Å². The first kappa shape index (κ1) is 28.7. The maximum atomic E-state index is 15.5. The number of carbonyl (C=O) groups is 1. The molecule has 0 spiro atoms. The highest BCUT2D eigenvalue weighted by molar-refractivity contribution is 8.01. The molecule has 1 aromatic carbocycles. The van der Waals surface area contributed by atoms with Crippen molar-refractivity contribution < 1.29 is 9.18 Å². The van der Waals surface area contributed by atoms with Crippen molar-refractivity contribution in [3.8, 4) is 6.07 Å². The van der Waals surface area contributed by atoms with Crippen LogP contribution < -0.4 is 10.6 Å². The molecule has 1 fully saturated rings. The minimum atomic E-state index is -0.654. The molecule has 0 aliphatic carbocycles. The number of piperidine rings is 1. The van der Waals surface area contributed by atoms with E-state index in [0.717, 1.165) is 47.8 Å². The number of thiazole rings is 1. The number of amides is 1. The molecule has 0 bridgehead atoms. The number of nitrogens with zero attached hydrogens (tertiary/aromatic N) is 5. The Balaban J connectivity index is 1.26. The van der Waals surface area contributed by atoms with Crippen molar-refractivity contribution in [1.29, 1.82) is 5.26 Å². The van der Waals surface area contributed by atoms with Crippen molar-refractivity contribution in [3.63, 3.8) is 0 Å². The van der Waals surface area contributed by atoms with Crippen LogP contribution in [0, 0.1) is 24.1 Å². The highest BCUT2D eigenvalue weighted by Gasteiger charge is 2.36. The number of aryl methyl sites for hydroxylation is 1. The monoisotopic (exact) mass is 587 g/mol. The molecular weight excluding hydrogens is 558 g/mol. The van der Waals surface area contributed by atoms with Gasteiger partial charge >= 0.3 is 0 Å². The number of pyridine rings is 2. The van der Waals surface area contributed by atoms with Crippen LogP contribution in [0.5, 0.6) is 0 Å². The predicted molar refractivity (Wildman–Crippen MR) is 159 cm³/mol. The summed E-state index contributed by atoms with van der Waals surface area (Å²) in [6.45, 7) is 4.76. The summed E-state index contributed by atoms with van der Waals surface area (Å²) >= 11 is 2.58. The van der Waals surface area contributed by atoms with E-state index < -0.39 is 11.7 Å². The van der Waals surface area contributed by atoms with E-state index in [1.807, 2.05) is 37.3 Å². The van der Waals surface area contributed by atoms with Crippen molar-refractivity contribution in [1.82, 2.24) is 25.2 Å². The molecule has 1 aliphatic heterocycles. The van der Waals surface area contributed by atoms with Gasteiger partial charge in [0.2, 0.25) is 0 Å². The number of anilines is 2. The van der Waals surface area contributed by atoms with E-state index in [1.54, 1.807) is 18.5 Å². The van der Waals surface area contributed by atoms with Gasteiger partial charge in [0.15, 0.2) is 16.6 Å². The van der Waals surface area contributed by atoms with Gasteiger partial charge in [0.05, 0.1) is 21.4 Å². The van der Waals surface area contributed by atoms with Gasteiger partial charge in [-0.05, 0) is 62.2 Å². The minimum absolute atomic E-state index is 0.225. The molecule has 0 unspecified atom stereocenters. The zero-order valence-corrected chi connectivity index (χ0v) is 24.3. The van der Waals surface area contributed by atoms with Gasteiger partial charge in [0.25, 0.3) is 5.91 Å². The number of nitriles is 1. The number of nitrogens with one attached hydrogen (secondary N) is 2. The summed E-state index contributed by atoms with van der Waals surface area (Å²) in [6.07, 6.45) is 7.00. The van der Waals surface area contributed by atoms with Gasteiger partial charge < -0.3 is 15.5 Å². The highest BCUT2D eigenvalue weighted by atomic mass is 32.2. The second kappa shape index (κ2) is 13.2. The van der Waals surface area contributed by atoms with Crippen LogP contribution in [0.2, 0.25) is 0 Å². The minimum Gasteiger partial charge on any atom is -0.350 e. The highest BCUT2D eigenvalue weighted by Crippen LogP contribution is 2.37. The van der Waals surface area contributed by atoms with Crippen LogP contribution in [0.25, 0.3) is 0 Å². The molecule has 2 N–H and O–H groups in total. The quantitative estimate of drug-likeness (QED) is 0.234. The smallest absolute Gasteiger partial charge is 0.273 e. The molecule has 0 atom stereocenters. The Bertz CT molecular complexity index is 1530. The SMILES string of the molecule is Cc1ccnc(Nc2ncc(Sc3ccnc(C(=O)NCC4(c5ccccc5)CCN(CCC#N)CC4)c3F)s2)c1. The van der Waals surface area contributed by atoms with Gasteiger partial charge in [-0.2, -0.15) is 5.26 Å². The number of hydrogen-bond donors (Lipinski definition) is 2. The van der Waals surface area contributed by atoms with Gasteiger partial charge in [-0.15, -0.1) is 0 Å². The Kier molecular flexibility index (Phi) is 9.24. The van der Waals surface area contributed by atoms with Crippen molar-refractivity contribution in [2.24, 2.45) is 0 Å². The summed E-state index contributed by atoms with van der Waals surface area (Å²) in [5, 5.41) is 15.7. The average molecular weight is 588 g/mol. The van der Waals surface area contributed by atoms with Gasteiger partial charge in [-0.3, -0.25) is 4.79 Å². The van der Waals surface area contributed by atoms with Crippen LogP contribution in [0.3, 0.4) is 0 Å². The third kappa shape index (κ3) is 7.08. The third-order valence-corrected chi connectivity index (χ3v) is 9.29. The summed E-state index contributed by atoms with van der Waals surface area (Å²) in [6, 6.07) is 17.8. The second-order valence-corrected chi connectivity index (χ2v) is 12.4. The van der Waals surface area contributed by atoms with E-state index >= 15 is 4.39 Å². The number of hydrogen-bond acceptors (Lipinski definition) is 9. The first-order valence-corrected chi connectivity index (χ1v) is 15.0. The van der Waals surface area contributed by atoms with Crippen molar-refractivity contribution >= 4 is 40.0 Å². The molecule has 1 amide bonds. The molecule has 8 nitrogen and oxygen atoms in total. The number of halogens is 1. The maximum absolute atomic E-state index is 15.5. The van der Waals surface area contributed by atoms with Gasteiger partial charge in [-0.25, -0.2) is 19.3 Å². The molecule has 210 valence electrons. The molecule has 0 radical (unpaired) electrons. The van der Waals surface area contributed by atoms with Gasteiger partial charge in [-0.1, -0.05) is 53.4 Å². The normalized spacial score (nSPS) is 14.8. The second-order valence-electron chi connectivity index (χ2n) is 9.98. The zero-order valence-electron chi connectivity index (χ0n) is 22.6. The van der Waals surface area contributed by atoms with E-state index in [2.05, 4.69) is 48.7 Å². The molecule has 1 aliphatic rings. The summed E-state index contributed by atoms with van der Waals surface area (Å²) in [7, 11) is 0. The Morgan fingerprint density at radius 1 is 1.15 bits per heavy atom. The first-order chi connectivity index (χ1) is 20.0.